The lowest BCUT2D eigenvalue weighted by molar-refractivity contribution is -0.490. The fourth-order valence-corrected chi connectivity index (χ4v) is 2.25. The Bertz CT molecular complexity index is 372. The number of nitrogens with zero attached hydrogens (tertiary/aromatic N) is 2. The Labute approximate surface area is 106 Å². The highest BCUT2D eigenvalue weighted by atomic mass is 16.6. The van der Waals surface area contributed by atoms with E-state index in [1.807, 2.05) is 20.8 Å². The molecule has 0 spiro atoms. The van der Waals surface area contributed by atoms with Crippen molar-refractivity contribution < 1.29 is 14.8 Å². The first-order chi connectivity index (χ1) is 8.30. The van der Waals surface area contributed by atoms with Crippen LogP contribution in [0.5, 0.6) is 0 Å². The molecule has 0 aromatic heterocycles. The van der Waals surface area contributed by atoms with Crippen molar-refractivity contribution in [3.8, 4) is 0 Å². The molecule has 1 rings (SSSR count). The summed E-state index contributed by atoms with van der Waals surface area (Å²) in [5, 5.41) is 20.1. The Balaban J connectivity index is 3.08. The van der Waals surface area contributed by atoms with Gasteiger partial charge < -0.3 is 5.11 Å². The van der Waals surface area contributed by atoms with E-state index in [4.69, 9.17) is 5.11 Å². The molecule has 102 valence electrons. The highest BCUT2D eigenvalue weighted by Gasteiger charge is 2.45. The Morgan fingerprint density at radius 1 is 1.56 bits per heavy atom. The van der Waals surface area contributed by atoms with Crippen molar-refractivity contribution in [2.24, 2.45) is 10.4 Å². The van der Waals surface area contributed by atoms with Crippen LogP contribution >= 0.6 is 0 Å². The van der Waals surface area contributed by atoms with Gasteiger partial charge in [0.1, 0.15) is 0 Å². The van der Waals surface area contributed by atoms with E-state index in [0.29, 0.717) is 18.6 Å². The minimum atomic E-state index is -1.32. The topological polar surface area (TPSA) is 92.8 Å². The van der Waals surface area contributed by atoms with Crippen LogP contribution in [0.4, 0.5) is 0 Å². The van der Waals surface area contributed by atoms with Gasteiger partial charge in [-0.15, -0.1) is 0 Å². The molecule has 6 nitrogen and oxygen atoms in total. The maximum absolute atomic E-state index is 11.8. The normalized spacial score (nSPS) is 27.2. The van der Waals surface area contributed by atoms with Crippen LogP contribution in [0.1, 0.15) is 40.0 Å². The van der Waals surface area contributed by atoms with E-state index in [0.717, 1.165) is 0 Å². The van der Waals surface area contributed by atoms with Gasteiger partial charge in [0.25, 0.3) is 0 Å². The summed E-state index contributed by atoms with van der Waals surface area (Å²) in [6.07, 6.45) is 1.23. The first-order valence-corrected chi connectivity index (χ1v) is 6.14. The second-order valence-electron chi connectivity index (χ2n) is 5.54. The number of ketones is 1. The van der Waals surface area contributed by atoms with Crippen LogP contribution in [0.2, 0.25) is 0 Å². The Kier molecular flexibility index (Phi) is 4.56. The van der Waals surface area contributed by atoms with Crippen molar-refractivity contribution in [2.75, 3.05) is 6.61 Å². The molecule has 0 aliphatic heterocycles. The van der Waals surface area contributed by atoms with Crippen LogP contribution in [-0.2, 0) is 4.79 Å². The molecule has 0 saturated heterocycles. The first kappa shape index (κ1) is 14.8. The van der Waals surface area contributed by atoms with E-state index < -0.39 is 11.0 Å². The number of Topliss-reactive ketones (excluding diaryl/α,β-unsaturated/α-hetero) is 1. The zero-order valence-electron chi connectivity index (χ0n) is 11.0. The maximum Gasteiger partial charge on any atom is 0.307 e. The number of aliphatic hydroxyl groups is 1. The molecule has 1 unspecified atom stereocenters. The molecule has 1 aliphatic carbocycles. The Morgan fingerprint density at radius 2 is 2.17 bits per heavy atom. The van der Waals surface area contributed by atoms with Crippen molar-refractivity contribution in [3.63, 3.8) is 0 Å². The molecule has 0 heterocycles. The summed E-state index contributed by atoms with van der Waals surface area (Å²) < 4.78 is 0. The highest BCUT2D eigenvalue weighted by molar-refractivity contribution is 6.10. The van der Waals surface area contributed by atoms with Crippen LogP contribution in [0.15, 0.2) is 4.99 Å². The van der Waals surface area contributed by atoms with Gasteiger partial charge in [0.2, 0.25) is 5.78 Å². The van der Waals surface area contributed by atoms with Gasteiger partial charge in [-0.1, -0.05) is 20.8 Å². The van der Waals surface area contributed by atoms with Crippen molar-refractivity contribution in [2.45, 2.75) is 52.1 Å². The molecule has 0 bridgehead atoms. The van der Waals surface area contributed by atoms with Gasteiger partial charge in [0.05, 0.1) is 18.4 Å². The Hall–Kier alpha value is -1.30. The fraction of sp³-hybridized carbons (Fsp3) is 0.833. The summed E-state index contributed by atoms with van der Waals surface area (Å²) >= 11 is 0. The Morgan fingerprint density at radius 3 is 2.61 bits per heavy atom. The third kappa shape index (κ3) is 3.35. The molecule has 1 N–H and O–H groups in total. The molecular weight excluding hydrogens is 236 g/mol. The standard InChI is InChI=1S/C12H20N2O4/c1-4-8(7-15)13-9-5-12(2,3)6-10(16)11(9)14(17)18/h8,11,15H,4-7H2,1-3H3/t8-,11?/m0/s1. The van der Waals surface area contributed by atoms with E-state index in [9.17, 15) is 14.9 Å². The van der Waals surface area contributed by atoms with E-state index in [1.54, 1.807) is 0 Å². The van der Waals surface area contributed by atoms with Gasteiger partial charge in [-0.25, -0.2) is 0 Å². The van der Waals surface area contributed by atoms with Crippen LogP contribution in [0.25, 0.3) is 0 Å². The van der Waals surface area contributed by atoms with Crippen LogP contribution in [-0.4, -0.2) is 40.2 Å². The van der Waals surface area contributed by atoms with Gasteiger partial charge in [-0.3, -0.25) is 19.9 Å². The molecular formula is C12H20N2O4. The molecule has 0 aromatic rings. The van der Waals surface area contributed by atoms with Gasteiger partial charge >= 0.3 is 6.04 Å². The zero-order valence-corrected chi connectivity index (χ0v) is 11.0. The summed E-state index contributed by atoms with van der Waals surface area (Å²) in [5.41, 5.74) is 0.0121. The van der Waals surface area contributed by atoms with E-state index in [-0.39, 0.29) is 30.3 Å². The van der Waals surface area contributed by atoms with Crippen LogP contribution in [0, 0.1) is 15.5 Å². The second kappa shape index (κ2) is 5.56. The summed E-state index contributed by atoms with van der Waals surface area (Å²) in [4.78, 5) is 26.5. The number of rotatable bonds is 4. The van der Waals surface area contributed by atoms with E-state index >= 15 is 0 Å². The lowest BCUT2D eigenvalue weighted by Gasteiger charge is -2.31. The smallest absolute Gasteiger partial charge is 0.307 e. The van der Waals surface area contributed by atoms with Gasteiger partial charge in [0, 0.05) is 11.3 Å². The molecule has 6 heteroatoms. The molecule has 1 saturated carbocycles. The molecule has 18 heavy (non-hydrogen) atoms. The average Bonchev–Trinajstić information content (AvgIpc) is 2.22. The van der Waals surface area contributed by atoms with Crippen molar-refractivity contribution in [1.29, 1.82) is 0 Å². The quantitative estimate of drug-likeness (QED) is 0.604. The minimum Gasteiger partial charge on any atom is -0.394 e. The lowest BCUT2D eigenvalue weighted by Crippen LogP contribution is -2.46. The predicted molar refractivity (Wildman–Crippen MR) is 67.4 cm³/mol. The summed E-state index contributed by atoms with van der Waals surface area (Å²) in [7, 11) is 0. The van der Waals surface area contributed by atoms with Crippen LogP contribution in [0.3, 0.4) is 0 Å². The molecule has 0 amide bonds. The molecule has 0 radical (unpaired) electrons. The summed E-state index contributed by atoms with van der Waals surface area (Å²) in [6, 6.07) is -1.68. The first-order valence-electron chi connectivity index (χ1n) is 6.14. The van der Waals surface area contributed by atoms with Crippen molar-refractivity contribution in [3.05, 3.63) is 10.1 Å². The largest absolute Gasteiger partial charge is 0.394 e. The number of hydrogen-bond acceptors (Lipinski definition) is 5. The van der Waals surface area contributed by atoms with E-state index in [1.165, 1.54) is 0 Å². The van der Waals surface area contributed by atoms with Gasteiger partial charge in [-0.05, 0) is 18.3 Å². The maximum atomic E-state index is 11.8. The zero-order chi connectivity index (χ0) is 13.9. The highest BCUT2D eigenvalue weighted by Crippen LogP contribution is 2.33. The van der Waals surface area contributed by atoms with Gasteiger partial charge in [-0.2, -0.15) is 0 Å². The number of aliphatic hydroxyl groups excluding tert-OH is 1. The fourth-order valence-electron chi connectivity index (χ4n) is 2.25. The number of aliphatic imine (C=N–C) groups is 1. The molecule has 1 fully saturated rings. The molecule has 1 aliphatic rings. The van der Waals surface area contributed by atoms with Crippen LogP contribution < -0.4 is 0 Å². The number of hydrogen-bond donors (Lipinski definition) is 1. The number of carbonyl (C=O) groups excluding carboxylic acids is 1. The lowest BCUT2D eigenvalue weighted by atomic mass is 9.74. The van der Waals surface area contributed by atoms with Crippen molar-refractivity contribution >= 4 is 11.5 Å². The molecule has 0 aromatic carbocycles. The third-order valence-corrected chi connectivity index (χ3v) is 3.17. The van der Waals surface area contributed by atoms with E-state index in [2.05, 4.69) is 4.99 Å². The minimum absolute atomic E-state index is 0.154. The number of nitro groups is 1. The molecule has 2 atom stereocenters. The second-order valence-corrected chi connectivity index (χ2v) is 5.54. The SMILES string of the molecule is CC[C@@H](CO)N=C1CC(C)(C)CC(=O)C1[N+](=O)[O-]. The van der Waals surface area contributed by atoms with Crippen molar-refractivity contribution in [1.82, 2.24) is 0 Å². The van der Waals surface area contributed by atoms with Gasteiger partial charge in [0.15, 0.2) is 0 Å². The monoisotopic (exact) mass is 256 g/mol. The average molecular weight is 256 g/mol. The summed E-state index contributed by atoms with van der Waals surface area (Å²) in [6.45, 7) is 5.49. The number of carbonyl (C=O) groups is 1. The third-order valence-electron chi connectivity index (χ3n) is 3.17. The summed E-state index contributed by atoms with van der Waals surface area (Å²) in [5.74, 6) is -0.386. The predicted octanol–water partition coefficient (Wildman–Crippen LogP) is 1.23.